The zero-order valence-corrected chi connectivity index (χ0v) is 16.2. The number of nitrogens with zero attached hydrogens (tertiary/aromatic N) is 1. The minimum Gasteiger partial charge on any atom is -0.383 e. The molecule has 0 aromatic heterocycles. The van der Waals surface area contributed by atoms with Crippen molar-refractivity contribution in [1.29, 1.82) is 0 Å². The summed E-state index contributed by atoms with van der Waals surface area (Å²) in [7, 11) is 1.67. The van der Waals surface area contributed by atoms with Crippen LogP contribution in [0.5, 0.6) is 0 Å². The van der Waals surface area contributed by atoms with Crippen LogP contribution in [0.15, 0.2) is 33.7 Å². The molecule has 0 radical (unpaired) electrons. The van der Waals surface area contributed by atoms with Gasteiger partial charge in [-0.25, -0.2) is 0 Å². The normalized spacial score (nSPS) is 16.8. The van der Waals surface area contributed by atoms with Crippen LogP contribution in [0.25, 0.3) is 0 Å². The van der Waals surface area contributed by atoms with Crippen LogP contribution in [0.1, 0.15) is 24.8 Å². The van der Waals surface area contributed by atoms with Crippen LogP contribution in [-0.2, 0) is 10.2 Å². The standard InChI is InChI=1S/C15H22BrN3O.HI/c1-20-9-8-18-14(17)19-11-15(6-3-7-15)12-4-2-5-13(16)10-12;/h2,4-5,10H,3,6-9,11H2,1H3,(H3,17,18,19);1H. The van der Waals surface area contributed by atoms with Crippen LogP contribution in [0, 0.1) is 0 Å². The minimum absolute atomic E-state index is 0. The summed E-state index contributed by atoms with van der Waals surface area (Å²) < 4.78 is 6.10. The molecule has 21 heavy (non-hydrogen) atoms. The first kappa shape index (κ1) is 18.7. The molecular formula is C15H23BrIN3O. The molecule has 0 spiro atoms. The monoisotopic (exact) mass is 467 g/mol. The van der Waals surface area contributed by atoms with Gasteiger partial charge < -0.3 is 15.8 Å². The van der Waals surface area contributed by atoms with E-state index in [0.717, 1.165) is 11.0 Å². The summed E-state index contributed by atoms with van der Waals surface area (Å²) in [6.45, 7) is 2.07. The highest BCUT2D eigenvalue weighted by Crippen LogP contribution is 2.44. The Kier molecular flexibility index (Phi) is 7.97. The highest BCUT2D eigenvalue weighted by Gasteiger charge is 2.38. The topological polar surface area (TPSA) is 59.6 Å². The number of nitrogens with one attached hydrogen (secondary N) is 1. The lowest BCUT2D eigenvalue weighted by molar-refractivity contribution is 0.203. The molecule has 4 nitrogen and oxygen atoms in total. The van der Waals surface area contributed by atoms with Crippen LogP contribution in [-0.4, -0.2) is 32.8 Å². The van der Waals surface area contributed by atoms with E-state index in [0.29, 0.717) is 19.1 Å². The van der Waals surface area contributed by atoms with Gasteiger partial charge >= 0.3 is 0 Å². The molecule has 1 fully saturated rings. The maximum atomic E-state index is 5.88. The second-order valence-corrected chi connectivity index (χ2v) is 6.18. The number of benzene rings is 1. The number of hydrogen-bond donors (Lipinski definition) is 2. The summed E-state index contributed by atoms with van der Waals surface area (Å²) in [5.74, 6) is 0.503. The number of halogens is 2. The molecule has 0 amide bonds. The number of ether oxygens (including phenoxy) is 1. The third-order valence-electron chi connectivity index (χ3n) is 3.91. The summed E-state index contributed by atoms with van der Waals surface area (Å²) in [6.07, 6.45) is 3.62. The summed E-state index contributed by atoms with van der Waals surface area (Å²) in [5, 5.41) is 3.06. The van der Waals surface area contributed by atoms with E-state index in [1.807, 2.05) is 0 Å². The summed E-state index contributed by atoms with van der Waals surface area (Å²) >= 11 is 3.54. The first-order valence-electron chi connectivity index (χ1n) is 6.95. The van der Waals surface area contributed by atoms with E-state index in [1.54, 1.807) is 7.11 Å². The summed E-state index contributed by atoms with van der Waals surface area (Å²) in [6, 6.07) is 8.53. The molecule has 0 saturated heterocycles. The van der Waals surface area contributed by atoms with Crippen molar-refractivity contribution in [2.75, 3.05) is 26.8 Å². The van der Waals surface area contributed by atoms with Gasteiger partial charge in [0.2, 0.25) is 0 Å². The van der Waals surface area contributed by atoms with E-state index < -0.39 is 0 Å². The number of methoxy groups -OCH3 is 1. The smallest absolute Gasteiger partial charge is 0.188 e. The number of guanidine groups is 1. The Morgan fingerprint density at radius 2 is 2.24 bits per heavy atom. The number of rotatable bonds is 6. The first-order valence-corrected chi connectivity index (χ1v) is 7.74. The fourth-order valence-electron chi connectivity index (χ4n) is 2.53. The molecule has 3 N–H and O–H groups in total. The van der Waals surface area contributed by atoms with E-state index in [1.165, 1.54) is 24.8 Å². The summed E-state index contributed by atoms with van der Waals surface area (Å²) in [5.41, 5.74) is 7.40. The molecule has 0 atom stereocenters. The van der Waals surface area contributed by atoms with Gasteiger partial charge in [-0.2, -0.15) is 0 Å². The second-order valence-electron chi connectivity index (χ2n) is 5.27. The molecule has 1 aliphatic carbocycles. The average molecular weight is 468 g/mol. The van der Waals surface area contributed by atoms with Gasteiger partial charge in [-0.05, 0) is 30.5 Å². The molecule has 1 aromatic carbocycles. The molecule has 118 valence electrons. The van der Waals surface area contributed by atoms with Crippen LogP contribution in [0.3, 0.4) is 0 Å². The lowest BCUT2D eigenvalue weighted by Gasteiger charge is -2.41. The van der Waals surface area contributed by atoms with E-state index in [4.69, 9.17) is 10.5 Å². The lowest BCUT2D eigenvalue weighted by Crippen LogP contribution is -2.40. The molecule has 1 saturated carbocycles. The van der Waals surface area contributed by atoms with Crippen LogP contribution in [0.4, 0.5) is 0 Å². The highest BCUT2D eigenvalue weighted by atomic mass is 127. The fourth-order valence-corrected chi connectivity index (χ4v) is 2.93. The van der Waals surface area contributed by atoms with Gasteiger partial charge in [0.05, 0.1) is 13.2 Å². The predicted molar refractivity (Wildman–Crippen MR) is 101 cm³/mol. The SMILES string of the molecule is COCCNC(N)=NCC1(c2cccc(Br)c2)CCC1.I. The summed E-state index contributed by atoms with van der Waals surface area (Å²) in [4.78, 5) is 4.51. The number of nitrogens with two attached hydrogens (primary N) is 1. The third kappa shape index (κ3) is 5.10. The Balaban J connectivity index is 0.00000220. The Bertz CT molecular complexity index is 478. The van der Waals surface area contributed by atoms with E-state index in [-0.39, 0.29) is 29.4 Å². The third-order valence-corrected chi connectivity index (χ3v) is 4.41. The van der Waals surface area contributed by atoms with Crippen molar-refractivity contribution in [3.8, 4) is 0 Å². The van der Waals surface area contributed by atoms with Crippen LogP contribution < -0.4 is 11.1 Å². The van der Waals surface area contributed by atoms with Crippen molar-refractivity contribution in [2.24, 2.45) is 10.7 Å². The van der Waals surface area contributed by atoms with Crippen molar-refractivity contribution in [2.45, 2.75) is 24.7 Å². The Morgan fingerprint density at radius 3 is 2.81 bits per heavy atom. The van der Waals surface area contributed by atoms with Crippen LogP contribution >= 0.6 is 39.9 Å². The predicted octanol–water partition coefficient (Wildman–Crippen LogP) is 3.04. The van der Waals surface area contributed by atoms with Gasteiger partial charge in [-0.3, -0.25) is 4.99 Å². The van der Waals surface area contributed by atoms with Crippen molar-refractivity contribution in [3.05, 3.63) is 34.3 Å². The Hall–Kier alpha value is -0.340. The largest absolute Gasteiger partial charge is 0.383 e. The minimum atomic E-state index is 0. The molecular weight excluding hydrogens is 445 g/mol. The van der Waals surface area contributed by atoms with E-state index >= 15 is 0 Å². The van der Waals surface area contributed by atoms with Gasteiger partial charge in [-0.15, -0.1) is 24.0 Å². The number of hydrogen-bond acceptors (Lipinski definition) is 2. The highest BCUT2D eigenvalue weighted by molar-refractivity contribution is 14.0. The molecule has 0 aliphatic heterocycles. The van der Waals surface area contributed by atoms with Gasteiger partial charge in [0.1, 0.15) is 0 Å². The molecule has 2 rings (SSSR count). The Labute approximate surface area is 152 Å². The number of aliphatic imine (C=N–C) groups is 1. The Morgan fingerprint density at radius 1 is 1.48 bits per heavy atom. The van der Waals surface area contributed by atoms with Gasteiger partial charge in [0.25, 0.3) is 0 Å². The van der Waals surface area contributed by atoms with Gasteiger partial charge in [-0.1, -0.05) is 34.5 Å². The molecule has 1 aliphatic rings. The maximum absolute atomic E-state index is 5.88. The van der Waals surface area contributed by atoms with E-state index in [9.17, 15) is 0 Å². The van der Waals surface area contributed by atoms with Crippen molar-refractivity contribution in [1.82, 2.24) is 5.32 Å². The zero-order valence-electron chi connectivity index (χ0n) is 12.3. The second kappa shape index (κ2) is 8.95. The van der Waals surface area contributed by atoms with Gasteiger partial charge in [0, 0.05) is 23.5 Å². The quantitative estimate of drug-likeness (QED) is 0.292. The van der Waals surface area contributed by atoms with Crippen LogP contribution in [0.2, 0.25) is 0 Å². The molecule has 0 bridgehead atoms. The average Bonchev–Trinajstić information content (AvgIpc) is 2.38. The van der Waals surface area contributed by atoms with Crippen molar-refractivity contribution in [3.63, 3.8) is 0 Å². The molecule has 0 unspecified atom stereocenters. The lowest BCUT2D eigenvalue weighted by atomic mass is 9.64. The molecule has 6 heteroatoms. The van der Waals surface area contributed by atoms with Crippen molar-refractivity contribution < 1.29 is 4.74 Å². The first-order chi connectivity index (χ1) is 9.66. The fraction of sp³-hybridized carbons (Fsp3) is 0.533. The maximum Gasteiger partial charge on any atom is 0.188 e. The van der Waals surface area contributed by atoms with Crippen molar-refractivity contribution >= 4 is 45.9 Å². The van der Waals surface area contributed by atoms with Gasteiger partial charge in [0.15, 0.2) is 5.96 Å². The molecule has 1 aromatic rings. The van der Waals surface area contributed by atoms with E-state index in [2.05, 4.69) is 50.5 Å². The molecule has 0 heterocycles. The zero-order chi connectivity index (χ0) is 14.4.